The number of fused-ring (bicyclic) bond motifs is 3. The molecule has 0 bridgehead atoms. The van der Waals surface area contributed by atoms with Crippen LogP contribution < -0.4 is 0 Å². The van der Waals surface area contributed by atoms with Crippen LogP contribution in [0.25, 0.3) is 0 Å². The van der Waals surface area contributed by atoms with E-state index in [1.807, 2.05) is 4.90 Å². The Balaban J connectivity index is 1.93. The average Bonchev–Trinajstić information content (AvgIpc) is 2.66. The highest BCUT2D eigenvalue weighted by Gasteiger charge is 2.57. The van der Waals surface area contributed by atoms with Gasteiger partial charge in [-0.25, -0.2) is 0 Å². The summed E-state index contributed by atoms with van der Waals surface area (Å²) in [5.74, 6) is 2.83. The standard InChI is InChI=1S/C24H37Cl2NO/c1-17(2)18-6-8-20-19(16-18)7-9-21-23(20,3)10-5-11-24(21,4)22(28)27(14-12-25)15-13-26/h7,16-17,20-21H,5-6,8-15H2,1-4H3/t20-,21+,23+,24+/m0/s1. The maximum Gasteiger partial charge on any atom is 0.228 e. The molecule has 158 valence electrons. The van der Waals surface area contributed by atoms with Gasteiger partial charge in [0, 0.05) is 24.8 Å². The molecule has 2 nitrogen and oxygen atoms in total. The third-order valence-electron chi connectivity index (χ3n) is 8.06. The van der Waals surface area contributed by atoms with Gasteiger partial charge in [0.25, 0.3) is 0 Å². The van der Waals surface area contributed by atoms with Crippen molar-refractivity contribution in [3.63, 3.8) is 0 Å². The summed E-state index contributed by atoms with van der Waals surface area (Å²) in [6, 6.07) is 0. The van der Waals surface area contributed by atoms with Crippen molar-refractivity contribution in [2.75, 3.05) is 24.8 Å². The number of carbonyl (C=O) groups excluding carboxylic acids is 1. The molecule has 0 aliphatic heterocycles. The quantitative estimate of drug-likeness (QED) is 0.448. The van der Waals surface area contributed by atoms with Crippen molar-refractivity contribution in [3.8, 4) is 0 Å². The molecule has 0 spiro atoms. The van der Waals surface area contributed by atoms with Crippen LogP contribution in [0.15, 0.2) is 23.3 Å². The van der Waals surface area contributed by atoms with Crippen LogP contribution >= 0.6 is 23.2 Å². The summed E-state index contributed by atoms with van der Waals surface area (Å²) < 4.78 is 0. The summed E-state index contributed by atoms with van der Waals surface area (Å²) in [4.78, 5) is 15.6. The molecule has 0 aromatic rings. The Morgan fingerprint density at radius 1 is 1.21 bits per heavy atom. The van der Waals surface area contributed by atoms with Gasteiger partial charge in [0.15, 0.2) is 0 Å². The van der Waals surface area contributed by atoms with Gasteiger partial charge in [-0.15, -0.1) is 23.2 Å². The number of halogens is 2. The fraction of sp³-hybridized carbons (Fsp3) is 0.792. The summed E-state index contributed by atoms with van der Waals surface area (Å²) in [7, 11) is 0. The van der Waals surface area contributed by atoms with Crippen molar-refractivity contribution in [3.05, 3.63) is 23.3 Å². The molecule has 3 rings (SSSR count). The molecule has 0 N–H and O–H groups in total. The van der Waals surface area contributed by atoms with Gasteiger partial charge in [0.05, 0.1) is 5.41 Å². The predicted octanol–water partition coefficient (Wildman–Crippen LogP) is 6.43. The lowest BCUT2D eigenvalue weighted by atomic mass is 9.46. The summed E-state index contributed by atoms with van der Waals surface area (Å²) in [5.41, 5.74) is 3.03. The zero-order valence-corrected chi connectivity index (χ0v) is 19.6. The Hall–Kier alpha value is -0.470. The molecule has 0 aromatic carbocycles. The molecule has 1 saturated carbocycles. The van der Waals surface area contributed by atoms with Crippen LogP contribution in [0.2, 0.25) is 0 Å². The Labute approximate surface area is 181 Å². The molecular weight excluding hydrogens is 389 g/mol. The zero-order chi connectivity index (χ0) is 20.5. The largest absolute Gasteiger partial charge is 0.340 e. The van der Waals surface area contributed by atoms with Gasteiger partial charge in [0.2, 0.25) is 5.91 Å². The molecule has 3 aliphatic carbocycles. The molecule has 1 amide bonds. The van der Waals surface area contributed by atoms with Crippen LogP contribution in [-0.4, -0.2) is 35.7 Å². The second-order valence-electron chi connectivity index (χ2n) is 9.90. The fourth-order valence-corrected chi connectivity index (χ4v) is 6.89. The Bertz CT molecular complexity index is 649. The van der Waals surface area contributed by atoms with E-state index >= 15 is 0 Å². The topological polar surface area (TPSA) is 20.3 Å². The van der Waals surface area contributed by atoms with Gasteiger partial charge < -0.3 is 4.90 Å². The summed E-state index contributed by atoms with van der Waals surface area (Å²) in [6.07, 6.45) is 11.8. The summed E-state index contributed by atoms with van der Waals surface area (Å²) in [6.45, 7) is 10.5. The molecule has 1 fully saturated rings. The molecule has 4 atom stereocenters. The van der Waals surface area contributed by atoms with Crippen LogP contribution in [0.3, 0.4) is 0 Å². The van der Waals surface area contributed by atoms with E-state index in [4.69, 9.17) is 23.2 Å². The number of carbonyl (C=O) groups is 1. The van der Waals surface area contributed by atoms with Crippen LogP contribution in [0.4, 0.5) is 0 Å². The molecule has 28 heavy (non-hydrogen) atoms. The highest BCUT2D eigenvalue weighted by molar-refractivity contribution is 6.18. The van der Waals surface area contributed by atoms with Gasteiger partial charge in [-0.1, -0.05) is 51.8 Å². The molecule has 3 aliphatic rings. The predicted molar refractivity (Wildman–Crippen MR) is 120 cm³/mol. The maximum absolute atomic E-state index is 13.7. The van der Waals surface area contributed by atoms with Gasteiger partial charge in [0.1, 0.15) is 0 Å². The van der Waals surface area contributed by atoms with Gasteiger partial charge in [-0.05, 0) is 60.8 Å². The first-order valence-corrected chi connectivity index (χ1v) is 12.2. The van der Waals surface area contributed by atoms with E-state index in [1.54, 1.807) is 11.1 Å². The minimum Gasteiger partial charge on any atom is -0.340 e. The second-order valence-corrected chi connectivity index (χ2v) is 10.7. The molecule has 0 heterocycles. The Morgan fingerprint density at radius 2 is 1.89 bits per heavy atom. The van der Waals surface area contributed by atoms with E-state index in [1.165, 1.54) is 19.3 Å². The lowest BCUT2D eigenvalue weighted by molar-refractivity contribution is -0.155. The zero-order valence-electron chi connectivity index (χ0n) is 18.1. The Kier molecular flexibility index (Phi) is 6.92. The minimum atomic E-state index is -0.310. The van der Waals surface area contributed by atoms with Crippen LogP contribution in [-0.2, 0) is 4.79 Å². The third kappa shape index (κ3) is 3.81. The first kappa shape index (κ1) is 22.2. The normalized spacial score (nSPS) is 35.0. The molecule has 0 saturated heterocycles. The lowest BCUT2D eigenvalue weighted by Gasteiger charge is -2.58. The first-order valence-electron chi connectivity index (χ1n) is 11.1. The maximum atomic E-state index is 13.7. The lowest BCUT2D eigenvalue weighted by Crippen LogP contribution is -2.56. The highest BCUT2D eigenvalue weighted by atomic mass is 35.5. The van der Waals surface area contributed by atoms with E-state index in [-0.39, 0.29) is 16.7 Å². The molecular formula is C24H37Cl2NO. The van der Waals surface area contributed by atoms with Gasteiger partial charge in [-0.2, -0.15) is 0 Å². The van der Waals surface area contributed by atoms with Crippen molar-refractivity contribution in [2.45, 2.75) is 66.2 Å². The minimum absolute atomic E-state index is 0.208. The third-order valence-corrected chi connectivity index (χ3v) is 8.40. The molecule has 0 radical (unpaired) electrons. The van der Waals surface area contributed by atoms with E-state index in [0.29, 0.717) is 42.6 Å². The number of nitrogens with zero attached hydrogens (tertiary/aromatic N) is 1. The molecule has 4 heteroatoms. The highest BCUT2D eigenvalue weighted by Crippen LogP contribution is 2.62. The van der Waals surface area contributed by atoms with Crippen molar-refractivity contribution >= 4 is 29.1 Å². The van der Waals surface area contributed by atoms with Crippen molar-refractivity contribution < 1.29 is 4.79 Å². The van der Waals surface area contributed by atoms with E-state index in [9.17, 15) is 4.79 Å². The van der Waals surface area contributed by atoms with Crippen LogP contribution in [0, 0.1) is 28.6 Å². The van der Waals surface area contributed by atoms with E-state index in [2.05, 4.69) is 39.8 Å². The Morgan fingerprint density at radius 3 is 2.50 bits per heavy atom. The number of amides is 1. The van der Waals surface area contributed by atoms with E-state index in [0.717, 1.165) is 19.3 Å². The number of hydrogen-bond acceptors (Lipinski definition) is 1. The summed E-state index contributed by atoms with van der Waals surface area (Å²) in [5, 5.41) is 0. The summed E-state index contributed by atoms with van der Waals surface area (Å²) >= 11 is 12.0. The average molecular weight is 426 g/mol. The fourth-order valence-electron chi connectivity index (χ4n) is 6.48. The molecule has 0 unspecified atom stereocenters. The number of rotatable bonds is 6. The first-order chi connectivity index (χ1) is 13.3. The van der Waals surface area contributed by atoms with E-state index < -0.39 is 0 Å². The number of allylic oxidation sites excluding steroid dienone is 4. The van der Waals surface area contributed by atoms with Crippen molar-refractivity contribution in [1.82, 2.24) is 4.90 Å². The molecule has 0 aromatic heterocycles. The second kappa shape index (κ2) is 8.72. The monoisotopic (exact) mass is 425 g/mol. The SMILES string of the molecule is CC(C)C1=CC2=CC[C@@H]3[C@](C)(CCC[C@@]3(C)C(=O)N(CCCl)CCCl)[C@H]2CC1. The van der Waals surface area contributed by atoms with Crippen molar-refractivity contribution in [1.29, 1.82) is 0 Å². The number of alkyl halides is 2. The van der Waals surface area contributed by atoms with Crippen LogP contribution in [0.5, 0.6) is 0 Å². The van der Waals surface area contributed by atoms with Crippen LogP contribution in [0.1, 0.15) is 66.2 Å². The smallest absolute Gasteiger partial charge is 0.228 e. The van der Waals surface area contributed by atoms with Crippen molar-refractivity contribution in [2.24, 2.45) is 28.6 Å². The van der Waals surface area contributed by atoms with Gasteiger partial charge >= 0.3 is 0 Å². The van der Waals surface area contributed by atoms with Gasteiger partial charge in [-0.3, -0.25) is 4.79 Å². The number of hydrogen-bond donors (Lipinski definition) is 0.